The van der Waals surface area contributed by atoms with Gasteiger partial charge in [-0.25, -0.2) is 0 Å². The van der Waals surface area contributed by atoms with Crippen LogP contribution in [0.15, 0.2) is 22.7 Å². The van der Waals surface area contributed by atoms with Crippen molar-refractivity contribution in [1.29, 1.82) is 0 Å². The molecule has 0 heterocycles. The molecule has 1 aromatic rings. The number of amides is 1. The standard InChI is InChI=1S/C14H18BrNOS/c1-9-5-10(7-11(15)6-9)14(17)16-12-3-4-13(8-12)18-2/h5-7,12-13H,3-4,8H2,1-2H3,(H,16,17). The molecule has 98 valence electrons. The van der Waals surface area contributed by atoms with Crippen molar-refractivity contribution in [3.05, 3.63) is 33.8 Å². The van der Waals surface area contributed by atoms with E-state index in [2.05, 4.69) is 27.5 Å². The number of carbonyl (C=O) groups excluding carboxylic acids is 1. The van der Waals surface area contributed by atoms with Gasteiger partial charge in [0.1, 0.15) is 0 Å². The second-order valence-electron chi connectivity index (χ2n) is 4.86. The Morgan fingerprint density at radius 3 is 2.78 bits per heavy atom. The molecule has 0 radical (unpaired) electrons. The van der Waals surface area contributed by atoms with Gasteiger partial charge in [0.2, 0.25) is 0 Å². The first-order chi connectivity index (χ1) is 8.58. The molecular formula is C14H18BrNOS. The number of halogens is 1. The second kappa shape index (κ2) is 6.11. The maximum Gasteiger partial charge on any atom is 0.251 e. The number of hydrogen-bond donors (Lipinski definition) is 1. The lowest BCUT2D eigenvalue weighted by atomic mass is 10.1. The molecule has 0 aromatic heterocycles. The van der Waals surface area contributed by atoms with Crippen molar-refractivity contribution >= 4 is 33.6 Å². The first kappa shape index (κ1) is 13.9. The number of benzene rings is 1. The summed E-state index contributed by atoms with van der Waals surface area (Å²) in [5.74, 6) is 0.0474. The SMILES string of the molecule is CSC1CCC(NC(=O)c2cc(C)cc(Br)c2)C1. The third kappa shape index (κ3) is 3.51. The fraction of sp³-hybridized carbons (Fsp3) is 0.500. The van der Waals surface area contributed by atoms with E-state index in [1.165, 1.54) is 6.42 Å². The minimum Gasteiger partial charge on any atom is -0.349 e. The summed E-state index contributed by atoms with van der Waals surface area (Å²) in [4.78, 5) is 12.2. The zero-order valence-electron chi connectivity index (χ0n) is 10.7. The van der Waals surface area contributed by atoms with Gasteiger partial charge in [-0.3, -0.25) is 4.79 Å². The van der Waals surface area contributed by atoms with Gasteiger partial charge in [0.25, 0.3) is 5.91 Å². The first-order valence-electron chi connectivity index (χ1n) is 6.19. The molecule has 0 bridgehead atoms. The summed E-state index contributed by atoms with van der Waals surface area (Å²) < 4.78 is 0.959. The maximum atomic E-state index is 12.2. The third-order valence-corrected chi connectivity index (χ3v) is 4.91. The first-order valence-corrected chi connectivity index (χ1v) is 8.27. The summed E-state index contributed by atoms with van der Waals surface area (Å²) in [5, 5.41) is 3.85. The van der Waals surface area contributed by atoms with Crippen molar-refractivity contribution < 1.29 is 4.79 Å². The van der Waals surface area contributed by atoms with Crippen molar-refractivity contribution in [2.45, 2.75) is 37.5 Å². The molecule has 1 saturated carbocycles. The van der Waals surface area contributed by atoms with Gasteiger partial charge in [-0.05, 0) is 56.2 Å². The van der Waals surface area contributed by atoms with Crippen molar-refractivity contribution in [3.63, 3.8) is 0 Å². The molecule has 2 atom stereocenters. The molecule has 2 nitrogen and oxygen atoms in total. The van der Waals surface area contributed by atoms with Crippen LogP contribution in [0.4, 0.5) is 0 Å². The van der Waals surface area contributed by atoms with Gasteiger partial charge in [-0.1, -0.05) is 15.9 Å². The van der Waals surface area contributed by atoms with Gasteiger partial charge in [0, 0.05) is 21.3 Å². The molecule has 2 rings (SSSR count). The third-order valence-electron chi connectivity index (χ3n) is 3.36. The van der Waals surface area contributed by atoms with Gasteiger partial charge < -0.3 is 5.32 Å². The van der Waals surface area contributed by atoms with Crippen LogP contribution in [0.3, 0.4) is 0 Å². The van der Waals surface area contributed by atoms with E-state index in [0.29, 0.717) is 11.3 Å². The Kier molecular flexibility index (Phi) is 4.73. The van der Waals surface area contributed by atoms with Crippen molar-refractivity contribution in [2.24, 2.45) is 0 Å². The number of rotatable bonds is 3. The summed E-state index contributed by atoms with van der Waals surface area (Å²) in [6.45, 7) is 2.00. The molecule has 1 amide bonds. The van der Waals surface area contributed by atoms with Crippen LogP contribution in [-0.4, -0.2) is 23.5 Å². The van der Waals surface area contributed by atoms with Crippen LogP contribution in [0.5, 0.6) is 0 Å². The predicted molar refractivity (Wildman–Crippen MR) is 81.3 cm³/mol. The number of nitrogens with one attached hydrogen (secondary N) is 1. The lowest BCUT2D eigenvalue weighted by Gasteiger charge is -2.13. The Morgan fingerprint density at radius 2 is 2.17 bits per heavy atom. The fourth-order valence-corrected chi connectivity index (χ4v) is 3.83. The van der Waals surface area contributed by atoms with Crippen LogP contribution in [0.25, 0.3) is 0 Å². The van der Waals surface area contributed by atoms with E-state index in [9.17, 15) is 4.79 Å². The molecule has 0 spiro atoms. The highest BCUT2D eigenvalue weighted by Crippen LogP contribution is 2.28. The van der Waals surface area contributed by atoms with E-state index in [-0.39, 0.29) is 5.91 Å². The van der Waals surface area contributed by atoms with E-state index in [4.69, 9.17) is 0 Å². The van der Waals surface area contributed by atoms with Crippen LogP contribution in [0, 0.1) is 6.92 Å². The number of hydrogen-bond acceptors (Lipinski definition) is 2. The van der Waals surface area contributed by atoms with Gasteiger partial charge in [-0.15, -0.1) is 0 Å². The quantitative estimate of drug-likeness (QED) is 0.915. The molecule has 1 N–H and O–H groups in total. The number of thioether (sulfide) groups is 1. The van der Waals surface area contributed by atoms with Crippen LogP contribution >= 0.6 is 27.7 Å². The summed E-state index contributed by atoms with van der Waals surface area (Å²) in [6, 6.07) is 6.16. The highest BCUT2D eigenvalue weighted by Gasteiger charge is 2.25. The van der Waals surface area contributed by atoms with E-state index in [1.807, 2.05) is 36.9 Å². The molecular weight excluding hydrogens is 310 g/mol. The molecule has 1 fully saturated rings. The largest absolute Gasteiger partial charge is 0.349 e. The Balaban J connectivity index is 1.99. The molecule has 18 heavy (non-hydrogen) atoms. The molecule has 1 aromatic carbocycles. The Morgan fingerprint density at radius 1 is 1.39 bits per heavy atom. The Labute approximate surface area is 121 Å². The maximum absolute atomic E-state index is 12.2. The van der Waals surface area contributed by atoms with Crippen LogP contribution in [0.2, 0.25) is 0 Å². The van der Waals surface area contributed by atoms with Crippen molar-refractivity contribution in [3.8, 4) is 0 Å². The minimum atomic E-state index is 0.0474. The average molecular weight is 328 g/mol. The molecule has 0 saturated heterocycles. The normalized spacial score (nSPS) is 23.1. The van der Waals surface area contributed by atoms with E-state index >= 15 is 0 Å². The summed E-state index contributed by atoms with van der Waals surface area (Å²) >= 11 is 5.34. The van der Waals surface area contributed by atoms with Crippen molar-refractivity contribution in [2.75, 3.05) is 6.26 Å². The van der Waals surface area contributed by atoms with Crippen LogP contribution in [0.1, 0.15) is 35.2 Å². The zero-order chi connectivity index (χ0) is 13.1. The number of carbonyl (C=O) groups is 1. The van der Waals surface area contributed by atoms with Gasteiger partial charge in [0.15, 0.2) is 0 Å². The molecule has 4 heteroatoms. The monoisotopic (exact) mass is 327 g/mol. The highest BCUT2D eigenvalue weighted by atomic mass is 79.9. The average Bonchev–Trinajstić information content (AvgIpc) is 2.75. The summed E-state index contributed by atoms with van der Waals surface area (Å²) in [6.07, 6.45) is 5.56. The lowest BCUT2D eigenvalue weighted by molar-refractivity contribution is 0.0938. The van der Waals surface area contributed by atoms with E-state index in [1.54, 1.807) is 0 Å². The zero-order valence-corrected chi connectivity index (χ0v) is 13.1. The Bertz CT molecular complexity index is 429. The van der Waals surface area contributed by atoms with Crippen LogP contribution in [-0.2, 0) is 0 Å². The minimum absolute atomic E-state index is 0.0474. The van der Waals surface area contributed by atoms with Crippen molar-refractivity contribution in [1.82, 2.24) is 5.32 Å². The van der Waals surface area contributed by atoms with E-state index < -0.39 is 0 Å². The number of aryl methyl sites for hydroxylation is 1. The van der Waals surface area contributed by atoms with Gasteiger partial charge >= 0.3 is 0 Å². The molecule has 0 aliphatic heterocycles. The second-order valence-corrected chi connectivity index (χ2v) is 6.91. The highest BCUT2D eigenvalue weighted by molar-refractivity contribution is 9.10. The van der Waals surface area contributed by atoms with Gasteiger partial charge in [0.05, 0.1) is 0 Å². The topological polar surface area (TPSA) is 29.1 Å². The Hall–Kier alpha value is -0.480. The molecule has 2 unspecified atom stereocenters. The van der Waals surface area contributed by atoms with E-state index in [0.717, 1.165) is 28.4 Å². The lowest BCUT2D eigenvalue weighted by Crippen LogP contribution is -2.33. The molecule has 1 aliphatic carbocycles. The summed E-state index contributed by atoms with van der Waals surface area (Å²) in [5.41, 5.74) is 1.84. The fourth-order valence-electron chi connectivity index (χ4n) is 2.42. The van der Waals surface area contributed by atoms with Gasteiger partial charge in [-0.2, -0.15) is 11.8 Å². The summed E-state index contributed by atoms with van der Waals surface area (Å²) in [7, 11) is 0. The van der Waals surface area contributed by atoms with Crippen LogP contribution < -0.4 is 5.32 Å². The molecule has 1 aliphatic rings. The smallest absolute Gasteiger partial charge is 0.251 e. The predicted octanol–water partition coefficient (Wildman–Crippen LogP) is 3.77.